The average molecular weight is 595 g/mol. The Morgan fingerprint density at radius 3 is 2.21 bits per heavy atom. The summed E-state index contributed by atoms with van der Waals surface area (Å²) in [6.07, 6.45) is -15.5. The Hall–Kier alpha value is -3.51. The van der Waals surface area contributed by atoms with Gasteiger partial charge in [0.1, 0.15) is 64.9 Å². The van der Waals surface area contributed by atoms with Crippen LogP contribution in [0.15, 0.2) is 45.6 Å². The second-order valence-corrected chi connectivity index (χ2v) is 10.1. The van der Waals surface area contributed by atoms with Crippen LogP contribution in [-0.2, 0) is 14.2 Å². The highest BCUT2D eigenvalue weighted by atomic mass is 16.8. The van der Waals surface area contributed by atoms with Crippen LogP contribution < -0.4 is 10.2 Å². The number of hydrogen-bond donors (Lipinski definition) is 9. The number of aromatic hydroxyl groups is 3. The first-order valence-electron chi connectivity index (χ1n) is 12.9. The van der Waals surface area contributed by atoms with E-state index in [0.29, 0.717) is 0 Å². The average Bonchev–Trinajstić information content (AvgIpc) is 2.95. The van der Waals surface area contributed by atoms with Gasteiger partial charge in [-0.1, -0.05) is 0 Å². The van der Waals surface area contributed by atoms with E-state index in [-0.39, 0.29) is 33.8 Å². The number of fused-ring (bicyclic) bond motifs is 1. The van der Waals surface area contributed by atoms with Gasteiger partial charge in [0.05, 0.1) is 12.7 Å². The molecule has 0 amide bonds. The second-order valence-electron chi connectivity index (χ2n) is 10.1. The fraction of sp³-hybridized carbons (Fsp3) is 0.444. The van der Waals surface area contributed by atoms with Crippen molar-refractivity contribution in [3.05, 3.63) is 46.6 Å². The van der Waals surface area contributed by atoms with Crippen molar-refractivity contribution in [2.75, 3.05) is 6.61 Å². The van der Waals surface area contributed by atoms with E-state index < -0.39 is 84.9 Å². The largest absolute Gasteiger partial charge is 0.507 e. The van der Waals surface area contributed by atoms with Crippen LogP contribution in [0.4, 0.5) is 0 Å². The number of phenolic OH excluding ortho intramolecular Hbond substituents is 3. The maximum Gasteiger partial charge on any atom is 0.229 e. The second kappa shape index (κ2) is 11.6. The normalized spacial score (nSPS) is 33.5. The SMILES string of the molecule is C[C@@H]1O[C@@H](O[C@H]2[C@H](Oc3cc(O)c4c(=O)cc(-c5ccc(O)c(O)c5)oc4c3)O[C@H](CO)[C@@H](O)[C@@H]2O)[C@H](O)[C@@H](O)[C@H]1O. The van der Waals surface area contributed by atoms with Crippen molar-refractivity contribution in [3.8, 4) is 34.3 Å². The summed E-state index contributed by atoms with van der Waals surface area (Å²) in [6, 6.07) is 7.08. The minimum absolute atomic E-state index is 0.0216. The van der Waals surface area contributed by atoms with E-state index in [9.17, 15) is 50.8 Å². The molecule has 228 valence electrons. The van der Waals surface area contributed by atoms with Crippen LogP contribution in [-0.4, -0.2) is 114 Å². The summed E-state index contributed by atoms with van der Waals surface area (Å²) in [5, 5.41) is 91.2. The number of ether oxygens (including phenoxy) is 4. The van der Waals surface area contributed by atoms with Gasteiger partial charge in [-0.25, -0.2) is 0 Å². The van der Waals surface area contributed by atoms with Gasteiger partial charge in [-0.15, -0.1) is 0 Å². The summed E-state index contributed by atoms with van der Waals surface area (Å²) < 4.78 is 28.3. The smallest absolute Gasteiger partial charge is 0.229 e. The number of phenols is 3. The van der Waals surface area contributed by atoms with Gasteiger partial charge in [0.2, 0.25) is 6.29 Å². The van der Waals surface area contributed by atoms with E-state index in [1.54, 1.807) is 0 Å². The molecule has 3 aromatic rings. The molecule has 3 heterocycles. The Bertz CT molecular complexity index is 1490. The Morgan fingerprint density at radius 2 is 1.52 bits per heavy atom. The lowest BCUT2D eigenvalue weighted by Crippen LogP contribution is -2.64. The van der Waals surface area contributed by atoms with Gasteiger partial charge in [-0.2, -0.15) is 0 Å². The summed E-state index contributed by atoms with van der Waals surface area (Å²) in [5.74, 6) is -1.60. The monoisotopic (exact) mass is 594 g/mol. The predicted molar refractivity (Wildman–Crippen MR) is 139 cm³/mol. The van der Waals surface area contributed by atoms with Crippen molar-refractivity contribution in [1.82, 2.24) is 0 Å². The van der Waals surface area contributed by atoms with Crippen molar-refractivity contribution in [3.63, 3.8) is 0 Å². The molecule has 0 bridgehead atoms. The van der Waals surface area contributed by atoms with Crippen molar-refractivity contribution in [2.45, 2.75) is 68.3 Å². The molecule has 0 saturated carbocycles. The maximum atomic E-state index is 12.8. The topological polar surface area (TPSA) is 249 Å². The molecule has 15 nitrogen and oxygen atoms in total. The summed E-state index contributed by atoms with van der Waals surface area (Å²) in [6.45, 7) is 0.671. The Kier molecular flexibility index (Phi) is 8.30. The third-order valence-electron chi connectivity index (χ3n) is 7.22. The number of aliphatic hydroxyl groups excluding tert-OH is 6. The van der Waals surface area contributed by atoms with Crippen molar-refractivity contribution < 1.29 is 69.3 Å². The summed E-state index contributed by atoms with van der Waals surface area (Å²) >= 11 is 0. The molecule has 15 heteroatoms. The molecule has 2 aliphatic rings. The molecule has 2 saturated heterocycles. The number of benzene rings is 2. The van der Waals surface area contributed by atoms with Crippen LogP contribution in [0.2, 0.25) is 0 Å². The first kappa shape index (κ1) is 30.0. The molecule has 0 radical (unpaired) electrons. The number of rotatable bonds is 6. The minimum atomic E-state index is -1.78. The molecule has 2 aliphatic heterocycles. The summed E-state index contributed by atoms with van der Waals surface area (Å²) in [4.78, 5) is 12.8. The zero-order valence-electron chi connectivity index (χ0n) is 21.9. The van der Waals surface area contributed by atoms with E-state index in [1.807, 2.05) is 0 Å². The van der Waals surface area contributed by atoms with Crippen molar-refractivity contribution >= 4 is 11.0 Å². The lowest BCUT2D eigenvalue weighted by atomic mass is 9.97. The molecule has 2 fully saturated rings. The minimum Gasteiger partial charge on any atom is -0.507 e. The van der Waals surface area contributed by atoms with Crippen molar-refractivity contribution in [2.24, 2.45) is 0 Å². The fourth-order valence-corrected chi connectivity index (χ4v) is 4.84. The number of hydrogen-bond acceptors (Lipinski definition) is 15. The van der Waals surface area contributed by atoms with E-state index in [2.05, 4.69) is 0 Å². The van der Waals surface area contributed by atoms with Crippen LogP contribution in [0, 0.1) is 0 Å². The molecule has 0 unspecified atom stereocenters. The lowest BCUT2D eigenvalue weighted by Gasteiger charge is -2.45. The van der Waals surface area contributed by atoms with Gasteiger partial charge in [-0.05, 0) is 25.1 Å². The van der Waals surface area contributed by atoms with Crippen LogP contribution >= 0.6 is 0 Å². The molecule has 2 aromatic carbocycles. The Labute approximate surface area is 236 Å². The summed E-state index contributed by atoms with van der Waals surface area (Å²) in [7, 11) is 0. The van der Waals surface area contributed by atoms with Crippen LogP contribution in [0.3, 0.4) is 0 Å². The first-order chi connectivity index (χ1) is 19.9. The van der Waals surface area contributed by atoms with Gasteiger partial charge < -0.3 is 69.3 Å². The fourth-order valence-electron chi connectivity index (χ4n) is 4.84. The van der Waals surface area contributed by atoms with Crippen LogP contribution in [0.25, 0.3) is 22.3 Å². The van der Waals surface area contributed by atoms with E-state index in [0.717, 1.165) is 18.2 Å². The Morgan fingerprint density at radius 1 is 0.786 bits per heavy atom. The van der Waals surface area contributed by atoms with Crippen molar-refractivity contribution in [1.29, 1.82) is 0 Å². The maximum absolute atomic E-state index is 12.8. The lowest BCUT2D eigenvalue weighted by molar-refractivity contribution is -0.354. The molecular weight excluding hydrogens is 564 g/mol. The van der Waals surface area contributed by atoms with Gasteiger partial charge >= 0.3 is 0 Å². The zero-order valence-corrected chi connectivity index (χ0v) is 21.9. The standard InChI is InChI=1S/C27H30O15/c1-9-20(33)22(35)24(37)26(38-9)42-25-23(36)21(34)18(8-28)41-27(25)39-11-5-14(31)19-15(32)7-16(40-17(19)6-11)10-2-3-12(29)13(30)4-10/h2-7,9,18,20-31,33-37H,8H2,1H3/t9-,18+,20-,21+,22-,23-,24+,25+,26-,27+/m0/s1. The molecule has 42 heavy (non-hydrogen) atoms. The predicted octanol–water partition coefficient (Wildman–Crippen LogP) is -1.39. The highest BCUT2D eigenvalue weighted by molar-refractivity contribution is 5.86. The highest BCUT2D eigenvalue weighted by Gasteiger charge is 2.50. The van der Waals surface area contributed by atoms with Gasteiger partial charge in [0.15, 0.2) is 29.3 Å². The molecule has 0 spiro atoms. The van der Waals surface area contributed by atoms with E-state index in [1.165, 1.54) is 25.1 Å². The molecular formula is C27H30O15. The van der Waals surface area contributed by atoms with Gasteiger partial charge in [0, 0.05) is 23.8 Å². The van der Waals surface area contributed by atoms with E-state index >= 15 is 0 Å². The first-order valence-corrected chi connectivity index (χ1v) is 12.9. The van der Waals surface area contributed by atoms with Gasteiger partial charge in [0.25, 0.3) is 0 Å². The van der Waals surface area contributed by atoms with E-state index in [4.69, 9.17) is 23.4 Å². The third-order valence-corrected chi connectivity index (χ3v) is 7.22. The zero-order chi connectivity index (χ0) is 30.5. The molecule has 1 aromatic heterocycles. The quantitative estimate of drug-likeness (QED) is 0.149. The van der Waals surface area contributed by atoms with Crippen LogP contribution in [0.5, 0.6) is 23.0 Å². The third kappa shape index (κ3) is 5.49. The molecule has 0 aliphatic carbocycles. The van der Waals surface area contributed by atoms with Gasteiger partial charge in [-0.3, -0.25) is 4.79 Å². The summed E-state index contributed by atoms with van der Waals surface area (Å²) in [5.41, 5.74) is -0.575. The molecule has 10 atom stereocenters. The Balaban J connectivity index is 1.48. The highest BCUT2D eigenvalue weighted by Crippen LogP contribution is 2.36. The molecule has 5 rings (SSSR count). The van der Waals surface area contributed by atoms with Crippen LogP contribution in [0.1, 0.15) is 6.92 Å². The number of aliphatic hydroxyl groups is 6. The molecule has 9 N–H and O–H groups in total.